The van der Waals surface area contributed by atoms with Gasteiger partial charge in [-0.25, -0.2) is 0 Å². The van der Waals surface area contributed by atoms with Gasteiger partial charge in [0, 0.05) is 0 Å². The van der Waals surface area contributed by atoms with Crippen LogP contribution < -0.4 is 11.1 Å². The van der Waals surface area contributed by atoms with Crippen LogP contribution in [0.4, 0.5) is 0 Å². The van der Waals surface area contributed by atoms with Crippen LogP contribution in [0.1, 0.15) is 73.1 Å². The van der Waals surface area contributed by atoms with Crippen molar-refractivity contribution in [2.75, 3.05) is 6.54 Å². The third kappa shape index (κ3) is 8.23. The second kappa shape index (κ2) is 12.3. The first-order chi connectivity index (χ1) is 9.52. The second-order valence-electron chi connectivity index (χ2n) is 6.84. The molecule has 0 aliphatic carbocycles. The van der Waals surface area contributed by atoms with Gasteiger partial charge in [0.05, 0.1) is 0 Å². The Bertz CT molecular complexity index is 197. The van der Waals surface area contributed by atoms with Crippen LogP contribution in [-0.2, 0) is 0 Å². The Hall–Kier alpha value is 0.719. The fourth-order valence-corrected chi connectivity index (χ4v) is 19.0. The summed E-state index contributed by atoms with van der Waals surface area (Å²) >= 11 is -2.17. The van der Waals surface area contributed by atoms with Gasteiger partial charge in [0.2, 0.25) is 0 Å². The molecule has 2 nitrogen and oxygen atoms in total. The first-order valence-corrected chi connectivity index (χ1v) is 16.7. The van der Waals surface area contributed by atoms with Crippen molar-refractivity contribution in [1.29, 1.82) is 0 Å². The van der Waals surface area contributed by atoms with Gasteiger partial charge in [0.1, 0.15) is 0 Å². The van der Waals surface area contributed by atoms with Crippen molar-refractivity contribution in [2.24, 2.45) is 5.73 Å². The Morgan fingerprint density at radius 2 is 1.25 bits per heavy atom. The van der Waals surface area contributed by atoms with Crippen LogP contribution >= 0.6 is 0 Å². The van der Waals surface area contributed by atoms with Gasteiger partial charge in [0.15, 0.2) is 0 Å². The van der Waals surface area contributed by atoms with Gasteiger partial charge >= 0.3 is 133 Å². The first-order valence-electron chi connectivity index (χ1n) is 9.01. The molecule has 0 aromatic carbocycles. The number of unbranched alkanes of at least 4 members (excludes halogenated alkanes) is 3. The molecule has 20 heavy (non-hydrogen) atoms. The number of rotatable bonds is 13. The summed E-state index contributed by atoms with van der Waals surface area (Å²) < 4.78 is 5.07. The van der Waals surface area contributed by atoms with E-state index in [1.807, 2.05) is 0 Å². The van der Waals surface area contributed by atoms with Crippen LogP contribution in [-0.4, -0.2) is 35.0 Å². The zero-order chi connectivity index (χ0) is 15.4. The molecule has 0 saturated heterocycles. The predicted octanol–water partition coefficient (Wildman–Crippen LogP) is 4.70. The average Bonchev–Trinajstić information content (AvgIpc) is 2.44. The average molecular weight is 391 g/mol. The van der Waals surface area contributed by atoms with E-state index in [0.29, 0.717) is 10.1 Å². The predicted molar refractivity (Wildman–Crippen MR) is 96.0 cm³/mol. The summed E-state index contributed by atoms with van der Waals surface area (Å²) in [5.74, 6) is 0. The Balaban J connectivity index is 4.80. The van der Waals surface area contributed by atoms with E-state index in [1.165, 1.54) is 51.8 Å². The summed E-state index contributed by atoms with van der Waals surface area (Å²) in [7, 11) is 0. The molecule has 0 saturated carbocycles. The van der Waals surface area contributed by atoms with E-state index in [-0.39, 0.29) is 0 Å². The molecule has 0 rings (SSSR count). The molecule has 3 heteroatoms. The molecule has 3 N–H and O–H groups in total. The van der Waals surface area contributed by atoms with E-state index in [2.05, 4.69) is 39.9 Å². The maximum atomic E-state index is 6.75. The number of hydrogen-bond donors (Lipinski definition) is 2. The summed E-state index contributed by atoms with van der Waals surface area (Å²) in [5.41, 5.74) is 6.75. The van der Waals surface area contributed by atoms with Gasteiger partial charge in [-0.3, -0.25) is 0 Å². The molecular weight excluding hydrogens is 351 g/mol. The van der Waals surface area contributed by atoms with E-state index < -0.39 is 18.4 Å². The Morgan fingerprint density at radius 1 is 0.850 bits per heavy atom. The maximum absolute atomic E-state index is 6.75. The van der Waals surface area contributed by atoms with Gasteiger partial charge in [-0.1, -0.05) is 0 Å². The van der Waals surface area contributed by atoms with E-state index >= 15 is 0 Å². The Labute approximate surface area is 132 Å². The zero-order valence-electron chi connectivity index (χ0n) is 14.8. The van der Waals surface area contributed by atoms with Crippen molar-refractivity contribution in [3.63, 3.8) is 0 Å². The molecular formula is C17H40N2Sn. The summed E-state index contributed by atoms with van der Waals surface area (Å²) in [5, 5.41) is 3.61. The Kier molecular flexibility index (Phi) is 12.7. The summed E-state index contributed by atoms with van der Waals surface area (Å²) in [6.07, 6.45) is 8.25. The van der Waals surface area contributed by atoms with Crippen molar-refractivity contribution in [3.8, 4) is 0 Å². The van der Waals surface area contributed by atoms with Crippen LogP contribution in [0.25, 0.3) is 0 Å². The molecule has 0 unspecified atom stereocenters. The van der Waals surface area contributed by atoms with E-state index in [1.54, 1.807) is 0 Å². The monoisotopic (exact) mass is 392 g/mol. The summed E-state index contributed by atoms with van der Waals surface area (Å²) in [6.45, 7) is 12.5. The van der Waals surface area contributed by atoms with Gasteiger partial charge in [-0.2, -0.15) is 0 Å². The Morgan fingerprint density at radius 3 is 1.55 bits per heavy atom. The molecule has 0 aliphatic heterocycles. The summed E-state index contributed by atoms with van der Waals surface area (Å²) in [6, 6.07) is 0.563. The van der Waals surface area contributed by atoms with E-state index in [4.69, 9.17) is 5.73 Å². The fraction of sp³-hybridized carbons (Fsp3) is 1.00. The normalized spacial score (nSPS) is 13.9. The van der Waals surface area contributed by atoms with E-state index in [0.717, 1.165) is 6.54 Å². The minimum atomic E-state index is -2.17. The van der Waals surface area contributed by atoms with Crippen molar-refractivity contribution < 1.29 is 0 Å². The van der Waals surface area contributed by atoms with Crippen LogP contribution in [0.5, 0.6) is 0 Å². The molecule has 0 fully saturated rings. The van der Waals surface area contributed by atoms with Crippen LogP contribution in [0.3, 0.4) is 0 Å². The summed E-state index contributed by atoms with van der Waals surface area (Å²) in [4.78, 5) is 0. The minimum absolute atomic E-state index is 0.511. The van der Waals surface area contributed by atoms with Crippen molar-refractivity contribution in [1.82, 2.24) is 5.32 Å². The SMILES string of the molecule is CCC[CH2][Sn]([CH2]CCC)([CH2]CCC)[C@H](N)CNC(C)C. The molecule has 0 heterocycles. The molecule has 0 aromatic heterocycles. The quantitative estimate of drug-likeness (QED) is 0.447. The zero-order valence-corrected chi connectivity index (χ0v) is 17.7. The number of hydrogen-bond acceptors (Lipinski definition) is 2. The van der Waals surface area contributed by atoms with Gasteiger partial charge in [-0.05, 0) is 0 Å². The molecule has 0 radical (unpaired) electrons. The van der Waals surface area contributed by atoms with Crippen molar-refractivity contribution in [3.05, 3.63) is 0 Å². The number of nitrogens with two attached hydrogens (primary N) is 1. The second-order valence-corrected chi connectivity index (χ2v) is 21.0. The third-order valence-corrected chi connectivity index (χ3v) is 21.2. The van der Waals surface area contributed by atoms with Gasteiger partial charge in [0.25, 0.3) is 0 Å². The van der Waals surface area contributed by atoms with Crippen LogP contribution in [0, 0.1) is 0 Å². The van der Waals surface area contributed by atoms with Gasteiger partial charge < -0.3 is 0 Å². The van der Waals surface area contributed by atoms with Crippen molar-refractivity contribution in [2.45, 2.75) is 96.6 Å². The topological polar surface area (TPSA) is 38.0 Å². The molecule has 122 valence electrons. The molecule has 0 aliphatic rings. The standard InChI is InChI=1S/C5H13N2.3C4H9.Sn/c1-5(2)7-4-3-6;3*1-3-4-2;/h3,5,7H,4,6H2,1-2H3;3*1,3-4H2,2H3;. The van der Waals surface area contributed by atoms with Gasteiger partial charge in [-0.15, -0.1) is 0 Å². The number of nitrogens with one attached hydrogen (secondary N) is 1. The van der Waals surface area contributed by atoms with Crippen molar-refractivity contribution >= 4 is 18.4 Å². The first kappa shape index (κ1) is 20.7. The van der Waals surface area contributed by atoms with Crippen LogP contribution in [0.2, 0.25) is 13.3 Å². The molecule has 1 atom stereocenters. The fourth-order valence-electron chi connectivity index (χ4n) is 3.10. The molecule has 0 amide bonds. The molecule has 0 aromatic rings. The van der Waals surface area contributed by atoms with Crippen LogP contribution in [0.15, 0.2) is 0 Å². The third-order valence-electron chi connectivity index (χ3n) is 4.62. The molecule has 0 bridgehead atoms. The van der Waals surface area contributed by atoms with E-state index in [9.17, 15) is 0 Å². The molecule has 0 spiro atoms.